The van der Waals surface area contributed by atoms with Gasteiger partial charge in [0.05, 0.1) is 10.7 Å². The highest BCUT2D eigenvalue weighted by Gasteiger charge is 2.16. The van der Waals surface area contributed by atoms with E-state index in [0.29, 0.717) is 0 Å². The SMILES string of the molecule is O=C(O)C=CN1CCN(c2ccccc2Cl)CC1. The molecule has 1 N–H and O–H groups in total. The van der Waals surface area contributed by atoms with Crippen LogP contribution in [-0.4, -0.2) is 42.2 Å². The van der Waals surface area contributed by atoms with Crippen molar-refractivity contribution in [1.29, 1.82) is 0 Å². The van der Waals surface area contributed by atoms with Gasteiger partial charge in [-0.05, 0) is 12.1 Å². The third kappa shape index (κ3) is 3.17. The first-order valence-electron chi connectivity index (χ1n) is 5.81. The van der Waals surface area contributed by atoms with E-state index in [1.807, 2.05) is 29.2 Å². The third-order valence-corrected chi connectivity index (χ3v) is 3.25. The average molecular weight is 267 g/mol. The van der Waals surface area contributed by atoms with Crippen molar-refractivity contribution >= 4 is 23.3 Å². The molecule has 1 fully saturated rings. The molecular weight excluding hydrogens is 252 g/mol. The molecular formula is C13H15ClN2O2. The van der Waals surface area contributed by atoms with E-state index in [4.69, 9.17) is 16.7 Å². The number of carbonyl (C=O) groups is 1. The van der Waals surface area contributed by atoms with E-state index in [0.717, 1.165) is 36.9 Å². The van der Waals surface area contributed by atoms with E-state index in [1.165, 1.54) is 6.08 Å². The number of halogens is 1. The number of rotatable bonds is 3. The number of piperazine rings is 1. The predicted molar refractivity (Wildman–Crippen MR) is 72.0 cm³/mol. The number of carboxylic acid groups (broad SMARTS) is 1. The normalized spacial score (nSPS) is 16.3. The Bertz CT molecular complexity index is 454. The lowest BCUT2D eigenvalue weighted by molar-refractivity contribution is -0.131. The second kappa shape index (κ2) is 5.78. The molecule has 18 heavy (non-hydrogen) atoms. The van der Waals surface area contributed by atoms with Crippen LogP contribution in [0.4, 0.5) is 5.69 Å². The van der Waals surface area contributed by atoms with Crippen molar-refractivity contribution in [1.82, 2.24) is 4.90 Å². The summed E-state index contributed by atoms with van der Waals surface area (Å²) in [5.74, 6) is -0.913. The minimum atomic E-state index is -0.913. The lowest BCUT2D eigenvalue weighted by Gasteiger charge is -2.35. The summed E-state index contributed by atoms with van der Waals surface area (Å²) < 4.78 is 0. The van der Waals surface area contributed by atoms with Crippen molar-refractivity contribution in [3.05, 3.63) is 41.6 Å². The Morgan fingerprint density at radius 3 is 2.50 bits per heavy atom. The lowest BCUT2D eigenvalue weighted by atomic mass is 10.2. The fourth-order valence-electron chi connectivity index (χ4n) is 1.99. The van der Waals surface area contributed by atoms with Crippen LogP contribution < -0.4 is 4.90 Å². The van der Waals surface area contributed by atoms with E-state index in [9.17, 15) is 4.79 Å². The van der Waals surface area contributed by atoms with Crippen LogP contribution in [0.2, 0.25) is 5.02 Å². The molecule has 4 nitrogen and oxygen atoms in total. The highest BCUT2D eigenvalue weighted by molar-refractivity contribution is 6.33. The fourth-order valence-corrected chi connectivity index (χ4v) is 2.24. The molecule has 1 heterocycles. The maximum atomic E-state index is 10.4. The summed E-state index contributed by atoms with van der Waals surface area (Å²) in [6, 6.07) is 7.77. The zero-order valence-corrected chi connectivity index (χ0v) is 10.7. The molecule has 1 aromatic rings. The van der Waals surface area contributed by atoms with Crippen LogP contribution in [0.1, 0.15) is 0 Å². The first kappa shape index (κ1) is 12.8. The smallest absolute Gasteiger partial charge is 0.329 e. The van der Waals surface area contributed by atoms with Crippen molar-refractivity contribution in [3.63, 3.8) is 0 Å². The van der Waals surface area contributed by atoms with E-state index in [1.54, 1.807) is 6.20 Å². The average Bonchev–Trinajstić information content (AvgIpc) is 2.38. The zero-order valence-electron chi connectivity index (χ0n) is 9.92. The first-order chi connectivity index (χ1) is 8.66. The standard InChI is InChI=1S/C13H15ClN2O2/c14-11-3-1-2-4-12(11)16-9-7-15(8-10-16)6-5-13(17)18/h1-6H,7-10H2,(H,17,18). The first-order valence-corrected chi connectivity index (χ1v) is 6.19. The van der Waals surface area contributed by atoms with E-state index in [-0.39, 0.29) is 0 Å². The maximum Gasteiger partial charge on any atom is 0.329 e. The molecule has 0 radical (unpaired) electrons. The van der Waals surface area contributed by atoms with Gasteiger partial charge in [-0.1, -0.05) is 23.7 Å². The van der Waals surface area contributed by atoms with Gasteiger partial charge < -0.3 is 14.9 Å². The summed E-state index contributed by atoms with van der Waals surface area (Å²) in [7, 11) is 0. The van der Waals surface area contributed by atoms with Gasteiger partial charge in [-0.25, -0.2) is 4.79 Å². The van der Waals surface area contributed by atoms with Crippen molar-refractivity contribution < 1.29 is 9.90 Å². The van der Waals surface area contributed by atoms with Crippen LogP contribution >= 0.6 is 11.6 Å². The largest absolute Gasteiger partial charge is 0.478 e. The van der Waals surface area contributed by atoms with Gasteiger partial charge in [-0.2, -0.15) is 0 Å². The zero-order chi connectivity index (χ0) is 13.0. The number of nitrogens with zero attached hydrogens (tertiary/aromatic N) is 2. The van der Waals surface area contributed by atoms with Crippen LogP contribution in [0.5, 0.6) is 0 Å². The minimum absolute atomic E-state index is 0.757. The topological polar surface area (TPSA) is 43.8 Å². The van der Waals surface area contributed by atoms with Crippen LogP contribution in [0.15, 0.2) is 36.5 Å². The summed E-state index contributed by atoms with van der Waals surface area (Å²) in [5, 5.41) is 9.33. The van der Waals surface area contributed by atoms with Gasteiger partial charge in [0.1, 0.15) is 0 Å². The van der Waals surface area contributed by atoms with Gasteiger partial charge >= 0.3 is 5.97 Å². The van der Waals surface area contributed by atoms with Crippen molar-refractivity contribution in [2.45, 2.75) is 0 Å². The van der Waals surface area contributed by atoms with Crippen LogP contribution in [0.3, 0.4) is 0 Å². The van der Waals surface area contributed by atoms with Crippen LogP contribution in [0.25, 0.3) is 0 Å². The van der Waals surface area contributed by atoms with E-state index >= 15 is 0 Å². The summed E-state index contributed by atoms with van der Waals surface area (Å²) >= 11 is 6.15. The monoisotopic (exact) mass is 266 g/mol. The molecule has 0 aromatic heterocycles. The Hall–Kier alpha value is -1.68. The van der Waals surface area contributed by atoms with Gasteiger partial charge in [-0.3, -0.25) is 0 Å². The minimum Gasteiger partial charge on any atom is -0.478 e. The third-order valence-electron chi connectivity index (χ3n) is 2.94. The Morgan fingerprint density at radius 2 is 1.89 bits per heavy atom. The number of benzene rings is 1. The number of aliphatic carboxylic acids is 1. The summed E-state index contributed by atoms with van der Waals surface area (Å²) in [6.07, 6.45) is 2.80. The molecule has 0 saturated carbocycles. The number of carboxylic acids is 1. The highest BCUT2D eigenvalue weighted by atomic mass is 35.5. The van der Waals surface area contributed by atoms with E-state index < -0.39 is 5.97 Å². The Labute approximate surface area is 111 Å². The number of hydrogen-bond acceptors (Lipinski definition) is 3. The van der Waals surface area contributed by atoms with Crippen molar-refractivity contribution in [2.75, 3.05) is 31.1 Å². The van der Waals surface area contributed by atoms with Gasteiger partial charge in [-0.15, -0.1) is 0 Å². The molecule has 2 rings (SSSR count). The van der Waals surface area contributed by atoms with Crippen LogP contribution in [-0.2, 0) is 4.79 Å². The molecule has 1 saturated heterocycles. The molecule has 1 aliphatic heterocycles. The molecule has 0 atom stereocenters. The molecule has 5 heteroatoms. The molecule has 1 aliphatic rings. The predicted octanol–water partition coefficient (Wildman–Crippen LogP) is 2.06. The van der Waals surface area contributed by atoms with Crippen molar-refractivity contribution in [2.24, 2.45) is 0 Å². The van der Waals surface area contributed by atoms with Gasteiger partial charge in [0.25, 0.3) is 0 Å². The molecule has 0 spiro atoms. The Balaban J connectivity index is 1.95. The lowest BCUT2D eigenvalue weighted by Crippen LogP contribution is -2.44. The Morgan fingerprint density at radius 1 is 1.22 bits per heavy atom. The second-order valence-electron chi connectivity index (χ2n) is 4.13. The molecule has 0 bridgehead atoms. The van der Waals surface area contributed by atoms with Gasteiger partial charge in [0, 0.05) is 38.5 Å². The second-order valence-corrected chi connectivity index (χ2v) is 4.54. The molecule has 1 aromatic carbocycles. The summed E-state index contributed by atoms with van der Waals surface area (Å²) in [6.45, 7) is 3.28. The quantitative estimate of drug-likeness (QED) is 0.851. The summed E-state index contributed by atoms with van der Waals surface area (Å²) in [4.78, 5) is 14.6. The molecule has 0 aliphatic carbocycles. The van der Waals surface area contributed by atoms with Gasteiger partial charge in [0.2, 0.25) is 0 Å². The molecule has 96 valence electrons. The van der Waals surface area contributed by atoms with E-state index in [2.05, 4.69) is 4.90 Å². The maximum absolute atomic E-state index is 10.4. The number of anilines is 1. The number of para-hydroxylation sites is 1. The number of hydrogen-bond donors (Lipinski definition) is 1. The van der Waals surface area contributed by atoms with Crippen LogP contribution in [0, 0.1) is 0 Å². The summed E-state index contributed by atoms with van der Waals surface area (Å²) in [5.41, 5.74) is 1.04. The molecule has 0 amide bonds. The fraction of sp³-hybridized carbons (Fsp3) is 0.308. The van der Waals surface area contributed by atoms with Gasteiger partial charge in [0.15, 0.2) is 0 Å². The molecule has 0 unspecified atom stereocenters. The Kier molecular flexibility index (Phi) is 4.10. The highest BCUT2D eigenvalue weighted by Crippen LogP contribution is 2.25. The van der Waals surface area contributed by atoms with Crippen molar-refractivity contribution in [3.8, 4) is 0 Å².